The molecule has 3 heterocycles. The van der Waals surface area contributed by atoms with Gasteiger partial charge in [-0.25, -0.2) is 0 Å². The molecule has 23 heavy (non-hydrogen) atoms. The number of halogens is 3. The molecule has 9 heteroatoms. The molecule has 0 aromatic carbocycles. The van der Waals surface area contributed by atoms with Crippen molar-refractivity contribution in [1.82, 2.24) is 20.1 Å². The smallest absolute Gasteiger partial charge is 0.317 e. The fraction of sp³-hybridized carbons (Fsp3) is 0.571. The van der Waals surface area contributed by atoms with Crippen LogP contribution in [0.15, 0.2) is 23.0 Å². The lowest BCUT2D eigenvalue weighted by Crippen LogP contribution is -2.31. The summed E-state index contributed by atoms with van der Waals surface area (Å²) in [6.45, 7) is 3.86. The zero-order valence-corrected chi connectivity index (χ0v) is 12.8. The van der Waals surface area contributed by atoms with Crippen molar-refractivity contribution in [3.8, 4) is 0 Å². The molecule has 1 saturated heterocycles. The minimum atomic E-state index is -4.40. The number of hydrogen-bond acceptors (Lipinski definition) is 5. The van der Waals surface area contributed by atoms with Gasteiger partial charge in [-0.3, -0.25) is 20.1 Å². The van der Waals surface area contributed by atoms with Crippen LogP contribution in [0.3, 0.4) is 0 Å². The Hall–Kier alpha value is -2.03. The Morgan fingerprint density at radius 3 is 2.74 bits per heavy atom. The van der Waals surface area contributed by atoms with E-state index in [1.165, 1.54) is 5.01 Å². The number of alkyl halides is 3. The second-order valence-electron chi connectivity index (χ2n) is 5.71. The van der Waals surface area contributed by atoms with Gasteiger partial charge in [0.2, 0.25) is 0 Å². The summed E-state index contributed by atoms with van der Waals surface area (Å²) in [6, 6.07) is 0.325. The van der Waals surface area contributed by atoms with Crippen molar-refractivity contribution >= 4 is 11.9 Å². The SMILES string of the molecule is Cc1nn(C2CCNCC2)cc1NN1C=C(C(F)(F)F)C=NC1. The van der Waals surface area contributed by atoms with E-state index in [-0.39, 0.29) is 6.67 Å². The van der Waals surface area contributed by atoms with E-state index in [0.29, 0.717) is 11.7 Å². The first-order valence-electron chi connectivity index (χ1n) is 7.52. The number of aryl methyl sites for hydroxylation is 1. The third-order valence-corrected chi connectivity index (χ3v) is 3.95. The maximum atomic E-state index is 12.7. The summed E-state index contributed by atoms with van der Waals surface area (Å²) < 4.78 is 40.1. The number of nitrogens with one attached hydrogen (secondary N) is 2. The van der Waals surface area contributed by atoms with Gasteiger partial charge in [-0.15, -0.1) is 0 Å². The van der Waals surface area contributed by atoms with E-state index in [1.807, 2.05) is 17.8 Å². The number of rotatable bonds is 3. The highest BCUT2D eigenvalue weighted by Gasteiger charge is 2.34. The van der Waals surface area contributed by atoms with Crippen LogP contribution < -0.4 is 10.7 Å². The van der Waals surface area contributed by atoms with Gasteiger partial charge in [0, 0.05) is 12.4 Å². The Morgan fingerprint density at radius 2 is 2.04 bits per heavy atom. The molecule has 0 unspecified atom stereocenters. The average molecular weight is 328 g/mol. The molecule has 0 saturated carbocycles. The van der Waals surface area contributed by atoms with Crippen LogP contribution in [-0.4, -0.2) is 46.9 Å². The molecule has 126 valence electrons. The van der Waals surface area contributed by atoms with Crippen LogP contribution >= 0.6 is 0 Å². The molecule has 0 radical (unpaired) electrons. The van der Waals surface area contributed by atoms with Gasteiger partial charge in [0.05, 0.1) is 29.2 Å². The zero-order chi connectivity index (χ0) is 16.4. The van der Waals surface area contributed by atoms with Crippen LogP contribution in [0.5, 0.6) is 0 Å². The second kappa shape index (κ2) is 6.23. The van der Waals surface area contributed by atoms with Gasteiger partial charge < -0.3 is 5.32 Å². The van der Waals surface area contributed by atoms with Gasteiger partial charge in [-0.2, -0.15) is 18.3 Å². The molecule has 3 rings (SSSR count). The number of hydrogen-bond donors (Lipinski definition) is 2. The Bertz CT molecular complexity index is 613. The van der Waals surface area contributed by atoms with Crippen LogP contribution in [0, 0.1) is 6.92 Å². The summed E-state index contributed by atoms with van der Waals surface area (Å²) in [4.78, 5) is 3.74. The number of piperidine rings is 1. The molecule has 1 aromatic rings. The maximum Gasteiger partial charge on any atom is 0.419 e. The highest BCUT2D eigenvalue weighted by molar-refractivity contribution is 5.80. The molecule has 2 aliphatic heterocycles. The summed E-state index contributed by atoms with van der Waals surface area (Å²) in [5, 5.41) is 9.10. The normalized spacial score (nSPS) is 19.8. The maximum absolute atomic E-state index is 12.7. The first-order valence-corrected chi connectivity index (χ1v) is 7.52. The topological polar surface area (TPSA) is 57.5 Å². The molecule has 0 bridgehead atoms. The van der Waals surface area contributed by atoms with Crippen molar-refractivity contribution in [1.29, 1.82) is 0 Å². The molecular formula is C14H19F3N6. The average Bonchev–Trinajstić information content (AvgIpc) is 2.89. The van der Waals surface area contributed by atoms with Crippen LogP contribution in [0.2, 0.25) is 0 Å². The molecule has 0 aliphatic carbocycles. The van der Waals surface area contributed by atoms with Crippen LogP contribution in [0.4, 0.5) is 18.9 Å². The quantitative estimate of drug-likeness (QED) is 0.893. The van der Waals surface area contributed by atoms with Crippen molar-refractivity contribution in [2.75, 3.05) is 25.2 Å². The Labute approximate surface area is 132 Å². The van der Waals surface area contributed by atoms with E-state index in [1.54, 1.807) is 0 Å². The Kier molecular flexibility index (Phi) is 4.29. The lowest BCUT2D eigenvalue weighted by Gasteiger charge is -2.24. The van der Waals surface area contributed by atoms with E-state index in [9.17, 15) is 13.2 Å². The van der Waals surface area contributed by atoms with Gasteiger partial charge in [0.1, 0.15) is 6.67 Å². The molecule has 2 aliphatic rings. The lowest BCUT2D eigenvalue weighted by atomic mass is 10.1. The standard InChI is InChI=1S/C14H19F3N6/c1-10-13(8-23(20-10)12-2-4-18-5-3-12)21-22-7-11(6-19-9-22)14(15,16)17/h6-8,12,18,21H,2-5,9H2,1H3. The predicted octanol–water partition coefficient (Wildman–Crippen LogP) is 2.23. The van der Waals surface area contributed by atoms with E-state index < -0.39 is 11.7 Å². The first kappa shape index (κ1) is 15.9. The molecule has 0 spiro atoms. The highest BCUT2D eigenvalue weighted by atomic mass is 19.4. The number of hydrazine groups is 1. The van der Waals surface area contributed by atoms with Crippen LogP contribution in [-0.2, 0) is 0 Å². The van der Waals surface area contributed by atoms with Gasteiger partial charge in [-0.1, -0.05) is 0 Å². The van der Waals surface area contributed by atoms with Gasteiger partial charge >= 0.3 is 6.18 Å². The van der Waals surface area contributed by atoms with Crippen molar-refractivity contribution in [2.45, 2.75) is 32.0 Å². The molecule has 1 aromatic heterocycles. The number of anilines is 1. The summed E-state index contributed by atoms with van der Waals surface area (Å²) >= 11 is 0. The molecule has 6 nitrogen and oxygen atoms in total. The summed E-state index contributed by atoms with van der Waals surface area (Å²) in [5.74, 6) is 0. The fourth-order valence-corrected chi connectivity index (χ4v) is 2.69. The highest BCUT2D eigenvalue weighted by Crippen LogP contribution is 2.27. The Morgan fingerprint density at radius 1 is 1.30 bits per heavy atom. The van der Waals surface area contributed by atoms with Gasteiger partial charge in [0.15, 0.2) is 0 Å². The van der Waals surface area contributed by atoms with Crippen molar-refractivity contribution < 1.29 is 13.2 Å². The number of allylic oxidation sites excluding steroid dienone is 1. The van der Waals surface area contributed by atoms with E-state index in [2.05, 4.69) is 20.8 Å². The zero-order valence-electron chi connectivity index (χ0n) is 12.8. The number of aliphatic imine (C=N–C) groups is 1. The first-order chi connectivity index (χ1) is 10.9. The van der Waals surface area contributed by atoms with Crippen LogP contribution in [0.1, 0.15) is 24.6 Å². The van der Waals surface area contributed by atoms with E-state index in [4.69, 9.17) is 0 Å². The number of nitrogens with zero attached hydrogens (tertiary/aromatic N) is 4. The van der Waals surface area contributed by atoms with Gasteiger partial charge in [0.25, 0.3) is 0 Å². The minimum Gasteiger partial charge on any atom is -0.317 e. The summed E-state index contributed by atoms with van der Waals surface area (Å²) in [5.41, 5.74) is 3.62. The van der Waals surface area contributed by atoms with Gasteiger partial charge in [-0.05, 0) is 32.9 Å². The van der Waals surface area contributed by atoms with Crippen molar-refractivity contribution in [2.24, 2.45) is 4.99 Å². The van der Waals surface area contributed by atoms with Crippen molar-refractivity contribution in [3.63, 3.8) is 0 Å². The fourth-order valence-electron chi connectivity index (χ4n) is 2.69. The molecule has 0 atom stereocenters. The van der Waals surface area contributed by atoms with Crippen molar-refractivity contribution in [3.05, 3.63) is 23.7 Å². The minimum absolute atomic E-state index is 0.123. The largest absolute Gasteiger partial charge is 0.419 e. The van der Waals surface area contributed by atoms with Crippen LogP contribution in [0.25, 0.3) is 0 Å². The van der Waals surface area contributed by atoms with E-state index in [0.717, 1.165) is 44.0 Å². The molecule has 1 fully saturated rings. The lowest BCUT2D eigenvalue weighted by molar-refractivity contribution is -0.0868. The monoisotopic (exact) mass is 328 g/mol. The summed E-state index contributed by atoms with van der Waals surface area (Å²) in [6.07, 6.45) is 1.31. The molecular weight excluding hydrogens is 309 g/mol. The number of aromatic nitrogens is 2. The van der Waals surface area contributed by atoms with E-state index >= 15 is 0 Å². The Balaban J connectivity index is 1.72. The third kappa shape index (κ3) is 3.66. The summed E-state index contributed by atoms with van der Waals surface area (Å²) in [7, 11) is 0. The third-order valence-electron chi connectivity index (χ3n) is 3.95. The molecule has 2 N–H and O–H groups in total. The predicted molar refractivity (Wildman–Crippen MR) is 81.1 cm³/mol. The second-order valence-corrected chi connectivity index (χ2v) is 5.71. The molecule has 0 amide bonds.